The molecule has 1 atom stereocenters. The Morgan fingerprint density at radius 2 is 2.17 bits per heavy atom. The fraction of sp³-hybridized carbons (Fsp3) is 0.158. The lowest BCUT2D eigenvalue weighted by Gasteiger charge is -2.21. The average molecular weight is 447 g/mol. The Balaban J connectivity index is 1.90. The molecule has 9 nitrogen and oxygen atoms in total. The molecule has 0 spiro atoms. The number of aliphatic hydroxyl groups excluding tert-OH is 1. The molecule has 30 heavy (non-hydrogen) atoms. The molecular weight excluding hydrogens is 428 g/mol. The number of hydrogen-bond acceptors (Lipinski definition) is 7. The van der Waals surface area contributed by atoms with Gasteiger partial charge in [-0.3, -0.25) is 4.79 Å². The number of carbonyl (C=O) groups excluding carboxylic acids is 1. The summed E-state index contributed by atoms with van der Waals surface area (Å²) in [6, 6.07) is 5.39. The number of amides is 1. The monoisotopic (exact) mass is 446 g/mol. The van der Waals surface area contributed by atoms with Gasteiger partial charge in [0.05, 0.1) is 16.3 Å². The Labute approximate surface area is 176 Å². The number of nitrogens with zero attached hydrogens (tertiary/aromatic N) is 2. The lowest BCUT2D eigenvalue weighted by Crippen LogP contribution is -2.24. The second-order valence-corrected chi connectivity index (χ2v) is 9.24. The van der Waals surface area contributed by atoms with Crippen LogP contribution in [0.2, 0.25) is 0 Å². The molecule has 1 aliphatic carbocycles. The minimum absolute atomic E-state index is 0.125. The third kappa shape index (κ3) is 3.56. The second kappa shape index (κ2) is 7.76. The maximum Gasteiger partial charge on any atom is 0.270 e. The van der Waals surface area contributed by atoms with Gasteiger partial charge < -0.3 is 15.6 Å². The van der Waals surface area contributed by atoms with E-state index in [1.54, 1.807) is 35.0 Å². The number of rotatable bonds is 5. The molecule has 0 bridgehead atoms. The summed E-state index contributed by atoms with van der Waals surface area (Å²) in [6.07, 6.45) is 7.74. The summed E-state index contributed by atoms with van der Waals surface area (Å²) in [5.74, 6) is 0.369. The van der Waals surface area contributed by atoms with E-state index in [9.17, 15) is 18.3 Å². The van der Waals surface area contributed by atoms with Gasteiger partial charge in [-0.15, -0.1) is 11.8 Å². The number of carbonyl (C=O) groups is 1. The first-order valence-corrected chi connectivity index (χ1v) is 11.4. The molecule has 2 aromatic rings. The Morgan fingerprint density at radius 1 is 1.37 bits per heavy atom. The van der Waals surface area contributed by atoms with Crippen LogP contribution in [0, 0.1) is 0 Å². The number of benzene rings is 1. The van der Waals surface area contributed by atoms with Gasteiger partial charge in [-0.05, 0) is 18.2 Å². The van der Waals surface area contributed by atoms with Crippen molar-refractivity contribution in [2.24, 2.45) is 10.9 Å². The van der Waals surface area contributed by atoms with E-state index in [2.05, 4.69) is 5.10 Å². The van der Waals surface area contributed by atoms with E-state index in [1.165, 1.54) is 23.9 Å². The predicted octanol–water partition coefficient (Wildman–Crippen LogP) is 1.21. The van der Waals surface area contributed by atoms with Crippen LogP contribution in [0.15, 0.2) is 53.5 Å². The average Bonchev–Trinajstić information content (AvgIpc) is 2.90. The standard InChI is InChI=1S/C19H18N4O5S2/c20-19(25)16-18-17(13-5-2-6-15(28-10-24)14(13)9-29-18)23(22-16)11-3-1-4-12(8-7-11)30(21,26)27/h1-8,12,24H,9-10H2,(H2,20,25)(H2,21,26,27). The first kappa shape index (κ1) is 20.4. The van der Waals surface area contributed by atoms with Gasteiger partial charge in [0.2, 0.25) is 10.0 Å². The van der Waals surface area contributed by atoms with Crippen LogP contribution in [0.4, 0.5) is 0 Å². The zero-order valence-electron chi connectivity index (χ0n) is 15.6. The Hall–Kier alpha value is -2.86. The van der Waals surface area contributed by atoms with E-state index >= 15 is 0 Å². The van der Waals surface area contributed by atoms with Crippen LogP contribution in [0.3, 0.4) is 0 Å². The molecular formula is C19H18N4O5S2. The highest BCUT2D eigenvalue weighted by molar-refractivity contribution is 7.98. The van der Waals surface area contributed by atoms with Gasteiger partial charge in [-0.25, -0.2) is 18.2 Å². The summed E-state index contributed by atoms with van der Waals surface area (Å²) < 4.78 is 30.3. The van der Waals surface area contributed by atoms with E-state index in [4.69, 9.17) is 15.6 Å². The number of aliphatic hydroxyl groups is 1. The fourth-order valence-electron chi connectivity index (χ4n) is 3.35. The lowest BCUT2D eigenvalue weighted by atomic mass is 10.0. The van der Waals surface area contributed by atoms with E-state index in [0.717, 1.165) is 11.1 Å². The molecule has 2 aliphatic rings. The summed E-state index contributed by atoms with van der Waals surface area (Å²) in [7, 11) is -3.80. The van der Waals surface area contributed by atoms with Gasteiger partial charge in [0, 0.05) is 16.9 Å². The summed E-state index contributed by atoms with van der Waals surface area (Å²) in [4.78, 5) is 12.7. The van der Waals surface area contributed by atoms with Crippen molar-refractivity contribution in [3.05, 3.63) is 59.8 Å². The topological polar surface area (TPSA) is 151 Å². The van der Waals surface area contributed by atoms with Crippen LogP contribution in [-0.2, 0) is 15.8 Å². The molecule has 4 rings (SSSR count). The molecule has 0 fully saturated rings. The number of sulfonamides is 1. The van der Waals surface area contributed by atoms with Gasteiger partial charge >= 0.3 is 0 Å². The number of primary sulfonamides is 1. The van der Waals surface area contributed by atoms with Crippen LogP contribution < -0.4 is 15.6 Å². The van der Waals surface area contributed by atoms with E-state index in [1.807, 2.05) is 6.07 Å². The summed E-state index contributed by atoms with van der Waals surface area (Å²) in [5.41, 5.74) is 8.47. The number of fused-ring (bicyclic) bond motifs is 3. The molecule has 1 unspecified atom stereocenters. The first-order chi connectivity index (χ1) is 14.3. The quantitative estimate of drug-likeness (QED) is 0.584. The maximum absolute atomic E-state index is 12.0. The molecule has 2 heterocycles. The Bertz CT molecular complexity index is 1230. The first-order valence-electron chi connectivity index (χ1n) is 8.81. The molecule has 1 amide bonds. The van der Waals surface area contributed by atoms with Crippen molar-refractivity contribution in [1.29, 1.82) is 0 Å². The highest BCUT2D eigenvalue weighted by Crippen LogP contribution is 2.47. The molecule has 5 N–H and O–H groups in total. The van der Waals surface area contributed by atoms with E-state index in [-0.39, 0.29) is 5.69 Å². The minimum atomic E-state index is -3.80. The lowest BCUT2D eigenvalue weighted by molar-refractivity contribution is 0.0977. The highest BCUT2D eigenvalue weighted by Gasteiger charge is 2.30. The number of primary amides is 1. The van der Waals surface area contributed by atoms with Gasteiger partial charge in [-0.2, -0.15) is 5.10 Å². The van der Waals surface area contributed by atoms with Crippen molar-refractivity contribution in [3.8, 4) is 17.0 Å². The zero-order valence-corrected chi connectivity index (χ0v) is 17.2. The molecule has 1 aliphatic heterocycles. The smallest absolute Gasteiger partial charge is 0.270 e. The zero-order chi connectivity index (χ0) is 21.5. The molecule has 1 aromatic carbocycles. The highest BCUT2D eigenvalue weighted by atomic mass is 32.2. The van der Waals surface area contributed by atoms with Crippen molar-refractivity contribution in [2.45, 2.75) is 15.9 Å². The predicted molar refractivity (Wildman–Crippen MR) is 113 cm³/mol. The van der Waals surface area contributed by atoms with Gasteiger partial charge in [0.1, 0.15) is 11.0 Å². The molecule has 1 aromatic heterocycles. The largest absolute Gasteiger partial charge is 0.467 e. The van der Waals surface area contributed by atoms with Gasteiger partial charge in [0.15, 0.2) is 12.5 Å². The minimum Gasteiger partial charge on any atom is -0.467 e. The Kier molecular flexibility index (Phi) is 5.28. The molecule has 11 heteroatoms. The van der Waals surface area contributed by atoms with Crippen LogP contribution in [0.1, 0.15) is 16.1 Å². The van der Waals surface area contributed by atoms with E-state index < -0.39 is 28.0 Å². The van der Waals surface area contributed by atoms with Crippen molar-refractivity contribution in [3.63, 3.8) is 0 Å². The molecule has 0 saturated carbocycles. The summed E-state index contributed by atoms with van der Waals surface area (Å²) in [6.45, 7) is -0.465. The maximum atomic E-state index is 12.0. The van der Waals surface area contributed by atoms with Crippen molar-refractivity contribution >= 4 is 33.4 Å². The van der Waals surface area contributed by atoms with Crippen molar-refractivity contribution < 1.29 is 23.1 Å². The van der Waals surface area contributed by atoms with Crippen molar-refractivity contribution in [1.82, 2.24) is 9.78 Å². The van der Waals surface area contributed by atoms with Crippen LogP contribution in [0.5, 0.6) is 5.75 Å². The number of nitrogens with two attached hydrogens (primary N) is 2. The summed E-state index contributed by atoms with van der Waals surface area (Å²) in [5, 5.41) is 17.9. The second-order valence-electron chi connectivity index (χ2n) is 6.54. The number of aromatic nitrogens is 2. The number of allylic oxidation sites excluding steroid dienone is 4. The third-order valence-corrected chi connectivity index (χ3v) is 6.87. The third-order valence-electron chi connectivity index (χ3n) is 4.69. The molecule has 0 saturated heterocycles. The van der Waals surface area contributed by atoms with E-state index in [0.29, 0.717) is 27.8 Å². The number of ether oxygens (including phenoxy) is 1. The number of thioether (sulfide) groups is 1. The normalized spacial score (nSPS) is 17.7. The van der Waals surface area contributed by atoms with Crippen LogP contribution >= 0.6 is 11.8 Å². The molecule has 156 valence electrons. The SMILES string of the molecule is NC(=O)c1nn(C2=CC=CC(S(N)(=O)=O)C=C2)c2c1SCc1c(OCO)cccc1-2. The van der Waals surface area contributed by atoms with Crippen LogP contribution in [-0.4, -0.2) is 41.3 Å². The molecule has 0 radical (unpaired) electrons. The van der Waals surface area contributed by atoms with Crippen LogP contribution in [0.25, 0.3) is 17.0 Å². The van der Waals surface area contributed by atoms with Gasteiger partial charge in [0.25, 0.3) is 5.91 Å². The Morgan fingerprint density at radius 3 is 2.87 bits per heavy atom. The summed E-state index contributed by atoms with van der Waals surface area (Å²) >= 11 is 1.39. The number of hydrogen-bond donors (Lipinski definition) is 3. The fourth-order valence-corrected chi connectivity index (χ4v) is 5.15. The van der Waals surface area contributed by atoms with Gasteiger partial charge in [-0.1, -0.05) is 30.4 Å². The van der Waals surface area contributed by atoms with Crippen molar-refractivity contribution in [2.75, 3.05) is 6.79 Å².